The Morgan fingerprint density at radius 2 is 2.00 bits per heavy atom. The fourth-order valence-corrected chi connectivity index (χ4v) is 4.36. The first kappa shape index (κ1) is 14.3. The summed E-state index contributed by atoms with van der Waals surface area (Å²) in [5, 5.41) is 0. The normalized spacial score (nSPS) is 33.3. The largest absolute Gasteiger partial charge is 0.329 e. The van der Waals surface area contributed by atoms with Crippen molar-refractivity contribution in [3.63, 3.8) is 0 Å². The molecule has 2 atom stereocenters. The van der Waals surface area contributed by atoms with E-state index in [1.807, 2.05) is 0 Å². The average molecular weight is 253 g/mol. The smallest absolute Gasteiger partial charge is 0.0498 e. The number of piperidine rings is 1. The molecular weight excluding hydrogens is 222 g/mol. The molecule has 0 aromatic rings. The number of nitrogens with zero attached hydrogens (tertiary/aromatic N) is 2. The SMILES string of the molecule is CCC(CC)N(C)C1(CN)CCN2CCCCC21. The molecule has 18 heavy (non-hydrogen) atoms. The molecule has 106 valence electrons. The van der Waals surface area contributed by atoms with Crippen molar-refractivity contribution in [2.75, 3.05) is 26.7 Å². The van der Waals surface area contributed by atoms with Crippen LogP contribution in [0.1, 0.15) is 52.4 Å². The summed E-state index contributed by atoms with van der Waals surface area (Å²) in [6.45, 7) is 7.99. The van der Waals surface area contributed by atoms with Crippen LogP contribution in [0.15, 0.2) is 0 Å². The van der Waals surface area contributed by atoms with Gasteiger partial charge in [0.2, 0.25) is 0 Å². The van der Waals surface area contributed by atoms with E-state index in [2.05, 4.69) is 30.7 Å². The predicted molar refractivity (Wildman–Crippen MR) is 77.7 cm³/mol. The third-order valence-corrected chi connectivity index (χ3v) is 5.61. The molecule has 2 rings (SSSR count). The van der Waals surface area contributed by atoms with Crippen LogP contribution in [-0.2, 0) is 0 Å². The van der Waals surface area contributed by atoms with Gasteiger partial charge in [0, 0.05) is 30.7 Å². The zero-order chi connectivity index (χ0) is 13.2. The maximum absolute atomic E-state index is 6.26. The van der Waals surface area contributed by atoms with Crippen molar-refractivity contribution in [3.8, 4) is 0 Å². The van der Waals surface area contributed by atoms with Gasteiger partial charge in [0.25, 0.3) is 0 Å². The molecule has 2 unspecified atom stereocenters. The molecule has 2 N–H and O–H groups in total. The number of hydrogen-bond donors (Lipinski definition) is 1. The first-order valence-electron chi connectivity index (χ1n) is 7.86. The summed E-state index contributed by atoms with van der Waals surface area (Å²) in [5.41, 5.74) is 6.50. The van der Waals surface area contributed by atoms with Gasteiger partial charge in [-0.25, -0.2) is 0 Å². The molecule has 2 aliphatic heterocycles. The second-order valence-electron chi connectivity index (χ2n) is 6.19. The third kappa shape index (κ3) is 2.21. The summed E-state index contributed by atoms with van der Waals surface area (Å²) in [4.78, 5) is 5.35. The van der Waals surface area contributed by atoms with Gasteiger partial charge in [0.05, 0.1) is 0 Å². The van der Waals surface area contributed by atoms with Crippen molar-refractivity contribution < 1.29 is 0 Å². The van der Waals surface area contributed by atoms with Gasteiger partial charge in [-0.3, -0.25) is 9.80 Å². The van der Waals surface area contributed by atoms with Crippen molar-refractivity contribution in [2.45, 2.75) is 70.0 Å². The van der Waals surface area contributed by atoms with E-state index in [0.717, 1.165) is 6.54 Å². The summed E-state index contributed by atoms with van der Waals surface area (Å²) in [5.74, 6) is 0. The van der Waals surface area contributed by atoms with Crippen LogP contribution in [0.2, 0.25) is 0 Å². The fourth-order valence-electron chi connectivity index (χ4n) is 4.36. The summed E-state index contributed by atoms with van der Waals surface area (Å²) < 4.78 is 0. The molecule has 2 heterocycles. The Morgan fingerprint density at radius 1 is 1.28 bits per heavy atom. The van der Waals surface area contributed by atoms with Crippen LogP contribution in [0.5, 0.6) is 0 Å². The molecule has 0 bridgehead atoms. The number of likely N-dealkylation sites (N-methyl/N-ethyl adjacent to an activating group) is 1. The molecule has 0 aromatic heterocycles. The number of hydrogen-bond acceptors (Lipinski definition) is 3. The zero-order valence-corrected chi connectivity index (χ0v) is 12.5. The van der Waals surface area contributed by atoms with Crippen LogP contribution in [0.25, 0.3) is 0 Å². The van der Waals surface area contributed by atoms with E-state index in [1.54, 1.807) is 0 Å². The van der Waals surface area contributed by atoms with Gasteiger partial charge in [0.1, 0.15) is 0 Å². The Balaban J connectivity index is 2.19. The lowest BCUT2D eigenvalue weighted by atomic mass is 9.82. The second-order valence-corrected chi connectivity index (χ2v) is 6.19. The van der Waals surface area contributed by atoms with Crippen molar-refractivity contribution in [1.82, 2.24) is 9.80 Å². The highest BCUT2D eigenvalue weighted by atomic mass is 15.3. The summed E-state index contributed by atoms with van der Waals surface area (Å²) in [7, 11) is 2.32. The van der Waals surface area contributed by atoms with Gasteiger partial charge in [0.15, 0.2) is 0 Å². The summed E-state index contributed by atoms with van der Waals surface area (Å²) in [6, 6.07) is 1.40. The van der Waals surface area contributed by atoms with E-state index < -0.39 is 0 Å². The molecule has 0 saturated carbocycles. The van der Waals surface area contributed by atoms with E-state index in [4.69, 9.17) is 5.73 Å². The molecule has 3 heteroatoms. The Hall–Kier alpha value is -0.120. The molecule has 0 aliphatic carbocycles. The topological polar surface area (TPSA) is 32.5 Å². The van der Waals surface area contributed by atoms with E-state index >= 15 is 0 Å². The lowest BCUT2D eigenvalue weighted by molar-refractivity contribution is 0.0242. The second kappa shape index (κ2) is 5.89. The van der Waals surface area contributed by atoms with Crippen molar-refractivity contribution >= 4 is 0 Å². The van der Waals surface area contributed by atoms with E-state index in [-0.39, 0.29) is 5.54 Å². The van der Waals surface area contributed by atoms with Crippen LogP contribution in [0.4, 0.5) is 0 Å². The van der Waals surface area contributed by atoms with Crippen molar-refractivity contribution in [3.05, 3.63) is 0 Å². The molecular formula is C15H31N3. The van der Waals surface area contributed by atoms with Crippen LogP contribution >= 0.6 is 0 Å². The van der Waals surface area contributed by atoms with E-state index in [9.17, 15) is 0 Å². The maximum Gasteiger partial charge on any atom is 0.0498 e. The minimum absolute atomic E-state index is 0.247. The van der Waals surface area contributed by atoms with Crippen LogP contribution < -0.4 is 5.73 Å². The summed E-state index contributed by atoms with van der Waals surface area (Å²) in [6.07, 6.45) is 7.86. The molecule has 3 nitrogen and oxygen atoms in total. The van der Waals surface area contributed by atoms with Gasteiger partial charge in [-0.2, -0.15) is 0 Å². The molecule has 0 aromatic carbocycles. The highest BCUT2D eigenvalue weighted by molar-refractivity contribution is 5.09. The van der Waals surface area contributed by atoms with Crippen LogP contribution in [0.3, 0.4) is 0 Å². The Labute approximate surface area is 113 Å². The highest BCUT2D eigenvalue weighted by Crippen LogP contribution is 2.39. The average Bonchev–Trinajstić information content (AvgIpc) is 2.80. The van der Waals surface area contributed by atoms with Gasteiger partial charge in [-0.05, 0) is 45.7 Å². The fraction of sp³-hybridized carbons (Fsp3) is 1.00. The molecule has 0 radical (unpaired) electrons. The zero-order valence-electron chi connectivity index (χ0n) is 12.5. The highest BCUT2D eigenvalue weighted by Gasteiger charge is 2.50. The monoisotopic (exact) mass is 253 g/mol. The van der Waals surface area contributed by atoms with Crippen LogP contribution in [0, 0.1) is 0 Å². The van der Waals surface area contributed by atoms with Gasteiger partial charge in [-0.1, -0.05) is 20.3 Å². The molecule has 0 amide bonds. The minimum atomic E-state index is 0.247. The quantitative estimate of drug-likeness (QED) is 0.814. The predicted octanol–water partition coefficient (Wildman–Crippen LogP) is 2.06. The third-order valence-electron chi connectivity index (χ3n) is 5.61. The molecule has 2 fully saturated rings. The first-order valence-corrected chi connectivity index (χ1v) is 7.86. The molecule has 2 aliphatic rings. The standard InChI is InChI=1S/C15H31N3/c1-4-13(5-2)17(3)15(12-16)9-11-18-10-7-6-8-14(15)18/h13-14H,4-12,16H2,1-3H3. The van der Waals surface area contributed by atoms with E-state index in [0.29, 0.717) is 12.1 Å². The van der Waals surface area contributed by atoms with Gasteiger partial charge >= 0.3 is 0 Å². The Bertz CT molecular complexity index is 264. The van der Waals surface area contributed by atoms with Crippen LogP contribution in [-0.4, -0.2) is 54.1 Å². The van der Waals surface area contributed by atoms with Crippen molar-refractivity contribution in [1.29, 1.82) is 0 Å². The summed E-state index contributed by atoms with van der Waals surface area (Å²) >= 11 is 0. The van der Waals surface area contributed by atoms with E-state index in [1.165, 1.54) is 51.6 Å². The molecule has 0 spiro atoms. The maximum atomic E-state index is 6.26. The number of rotatable bonds is 5. The minimum Gasteiger partial charge on any atom is -0.329 e. The number of fused-ring (bicyclic) bond motifs is 1. The van der Waals surface area contributed by atoms with Gasteiger partial charge < -0.3 is 5.73 Å². The Morgan fingerprint density at radius 3 is 2.61 bits per heavy atom. The van der Waals surface area contributed by atoms with Crippen molar-refractivity contribution in [2.24, 2.45) is 5.73 Å². The lowest BCUT2D eigenvalue weighted by Gasteiger charge is -2.48. The van der Waals surface area contributed by atoms with Gasteiger partial charge in [-0.15, -0.1) is 0 Å². The number of nitrogens with two attached hydrogens (primary N) is 1. The first-order chi connectivity index (χ1) is 8.69. The molecule has 2 saturated heterocycles. The lowest BCUT2D eigenvalue weighted by Crippen LogP contribution is -2.62. The Kier molecular flexibility index (Phi) is 4.68.